The zero-order valence-electron chi connectivity index (χ0n) is 15.4. The lowest BCUT2D eigenvalue weighted by atomic mass is 10.1. The lowest BCUT2D eigenvalue weighted by Gasteiger charge is -2.08. The molecule has 2 aromatic rings. The van der Waals surface area contributed by atoms with Gasteiger partial charge in [-0.05, 0) is 36.8 Å². The normalized spacial score (nSPS) is 10.7. The third-order valence-corrected chi connectivity index (χ3v) is 4.93. The van der Waals surface area contributed by atoms with Gasteiger partial charge in [-0.25, -0.2) is 0 Å². The van der Waals surface area contributed by atoms with Crippen LogP contribution in [0.5, 0.6) is 5.75 Å². The number of ketones is 2. The number of nitrogens with one attached hydrogen (secondary N) is 1. The first-order valence-electron chi connectivity index (χ1n) is 8.75. The average molecular weight is 409 g/mol. The van der Waals surface area contributed by atoms with E-state index in [0.717, 1.165) is 4.88 Å². The van der Waals surface area contributed by atoms with E-state index in [9.17, 15) is 23.2 Å². The fourth-order valence-electron chi connectivity index (χ4n) is 2.46. The van der Waals surface area contributed by atoms with E-state index in [1.54, 1.807) is 18.2 Å². The van der Waals surface area contributed by atoms with Crippen molar-refractivity contribution in [3.63, 3.8) is 0 Å². The molecule has 1 N–H and O–H groups in total. The summed E-state index contributed by atoms with van der Waals surface area (Å²) in [5.41, 5.74) is 0.606. The van der Waals surface area contributed by atoms with E-state index in [4.69, 9.17) is 0 Å². The maximum absolute atomic E-state index is 12.2. The topological polar surface area (TPSA) is 72.5 Å². The maximum atomic E-state index is 12.2. The molecule has 0 fully saturated rings. The van der Waals surface area contributed by atoms with Crippen LogP contribution in [0.25, 0.3) is 0 Å². The molecule has 28 heavy (non-hydrogen) atoms. The van der Waals surface area contributed by atoms with E-state index in [2.05, 4.69) is 10.1 Å². The average Bonchev–Trinajstić information content (AvgIpc) is 3.09. The van der Waals surface area contributed by atoms with Gasteiger partial charge >= 0.3 is 6.61 Å². The quantitative estimate of drug-likeness (QED) is 0.562. The van der Waals surface area contributed by atoms with Crippen LogP contribution in [-0.4, -0.2) is 24.1 Å². The summed E-state index contributed by atoms with van der Waals surface area (Å²) in [6.45, 7) is -0.858. The van der Waals surface area contributed by atoms with Crippen LogP contribution >= 0.6 is 11.3 Å². The van der Waals surface area contributed by atoms with Crippen LogP contribution < -0.4 is 10.1 Å². The number of ether oxygens (including phenoxy) is 1. The zero-order chi connectivity index (χ0) is 20.5. The predicted molar refractivity (Wildman–Crippen MR) is 102 cm³/mol. The SMILES string of the molecule is Cc1ccc(C(=O)CCC(=O)CCC(=O)NCc2cccc(OC(F)F)c2)s1. The second-order valence-corrected chi connectivity index (χ2v) is 7.46. The molecular formula is C20H21F2NO4S. The van der Waals surface area contributed by atoms with Crippen molar-refractivity contribution >= 4 is 28.8 Å². The number of alkyl halides is 2. The first-order valence-corrected chi connectivity index (χ1v) is 9.57. The molecule has 150 valence electrons. The van der Waals surface area contributed by atoms with Crippen molar-refractivity contribution < 1.29 is 27.9 Å². The van der Waals surface area contributed by atoms with E-state index in [1.165, 1.54) is 23.5 Å². The van der Waals surface area contributed by atoms with Gasteiger partial charge in [0, 0.05) is 37.1 Å². The number of carbonyl (C=O) groups excluding carboxylic acids is 3. The van der Waals surface area contributed by atoms with Gasteiger partial charge in [-0.15, -0.1) is 11.3 Å². The molecule has 1 aromatic carbocycles. The molecule has 0 saturated heterocycles. The fraction of sp³-hybridized carbons (Fsp3) is 0.350. The second-order valence-electron chi connectivity index (χ2n) is 6.17. The van der Waals surface area contributed by atoms with Crippen LogP contribution in [0, 0.1) is 6.92 Å². The Morgan fingerprint density at radius 3 is 2.50 bits per heavy atom. The molecule has 1 amide bonds. The summed E-state index contributed by atoms with van der Waals surface area (Å²) < 4.78 is 28.7. The molecule has 0 aliphatic carbocycles. The monoisotopic (exact) mass is 409 g/mol. The van der Waals surface area contributed by atoms with Gasteiger partial charge in [-0.2, -0.15) is 8.78 Å². The third-order valence-electron chi connectivity index (χ3n) is 3.89. The highest BCUT2D eigenvalue weighted by Crippen LogP contribution is 2.18. The molecule has 2 rings (SSSR count). The Bertz CT molecular complexity index is 835. The lowest BCUT2D eigenvalue weighted by Crippen LogP contribution is -2.23. The summed E-state index contributed by atoms with van der Waals surface area (Å²) in [5, 5.41) is 2.63. The molecule has 1 aromatic heterocycles. The van der Waals surface area contributed by atoms with Gasteiger partial charge in [0.25, 0.3) is 0 Å². The molecule has 0 spiro atoms. The highest BCUT2D eigenvalue weighted by molar-refractivity contribution is 7.14. The first kappa shape index (κ1) is 21.7. The molecule has 0 aliphatic heterocycles. The van der Waals surface area contributed by atoms with E-state index in [0.29, 0.717) is 10.4 Å². The molecule has 1 heterocycles. The van der Waals surface area contributed by atoms with Crippen LogP contribution in [0.3, 0.4) is 0 Å². The molecule has 0 unspecified atom stereocenters. The zero-order valence-corrected chi connectivity index (χ0v) is 16.2. The van der Waals surface area contributed by atoms with E-state index >= 15 is 0 Å². The minimum atomic E-state index is -2.91. The molecule has 0 aliphatic rings. The third kappa shape index (κ3) is 7.56. The summed E-state index contributed by atoms with van der Waals surface area (Å²) in [5.74, 6) is -0.526. The van der Waals surface area contributed by atoms with Gasteiger partial charge in [-0.3, -0.25) is 14.4 Å². The van der Waals surface area contributed by atoms with Crippen molar-refractivity contribution in [2.45, 2.75) is 45.8 Å². The standard InChI is InChI=1S/C20H21F2NO4S/c1-13-5-9-18(28-13)17(25)8-6-15(24)7-10-19(26)23-12-14-3-2-4-16(11-14)27-20(21)22/h2-5,9,11,20H,6-8,10,12H2,1H3,(H,23,26). The number of aryl methyl sites for hydroxylation is 1. The fourth-order valence-corrected chi connectivity index (χ4v) is 3.29. The van der Waals surface area contributed by atoms with Gasteiger partial charge in [0.15, 0.2) is 5.78 Å². The Morgan fingerprint density at radius 1 is 1.07 bits per heavy atom. The maximum Gasteiger partial charge on any atom is 0.387 e. The minimum absolute atomic E-state index is 0.0123. The predicted octanol–water partition coefficient (Wildman–Crippen LogP) is 4.29. The van der Waals surface area contributed by atoms with Gasteiger partial charge in [0.1, 0.15) is 11.5 Å². The van der Waals surface area contributed by atoms with Crippen molar-refractivity contribution in [2.24, 2.45) is 0 Å². The largest absolute Gasteiger partial charge is 0.435 e. The number of hydrogen-bond acceptors (Lipinski definition) is 5. The molecule has 0 atom stereocenters. The highest BCUT2D eigenvalue weighted by Gasteiger charge is 2.12. The number of thiophene rings is 1. The second kappa shape index (κ2) is 10.7. The van der Waals surface area contributed by atoms with Crippen LogP contribution in [0.15, 0.2) is 36.4 Å². The Labute approximate surface area is 165 Å². The number of amides is 1. The summed E-state index contributed by atoms with van der Waals surface area (Å²) in [6.07, 6.45) is 0.308. The van der Waals surface area contributed by atoms with Crippen LogP contribution in [0.1, 0.15) is 45.8 Å². The lowest BCUT2D eigenvalue weighted by molar-refractivity contribution is -0.125. The molecule has 5 nitrogen and oxygen atoms in total. The Balaban J connectivity index is 1.67. The summed E-state index contributed by atoms with van der Waals surface area (Å²) in [6, 6.07) is 9.64. The molecule has 0 radical (unpaired) electrons. The van der Waals surface area contributed by atoms with Crippen LogP contribution in [-0.2, 0) is 16.1 Å². The number of benzene rings is 1. The minimum Gasteiger partial charge on any atom is -0.435 e. The summed E-state index contributed by atoms with van der Waals surface area (Å²) in [4.78, 5) is 37.4. The number of halogens is 2. The number of rotatable bonds is 11. The summed E-state index contributed by atoms with van der Waals surface area (Å²) >= 11 is 1.40. The van der Waals surface area contributed by atoms with E-state index in [-0.39, 0.29) is 55.5 Å². The van der Waals surface area contributed by atoms with Gasteiger partial charge in [-0.1, -0.05) is 12.1 Å². The smallest absolute Gasteiger partial charge is 0.387 e. The van der Waals surface area contributed by atoms with Crippen molar-refractivity contribution in [3.8, 4) is 5.75 Å². The van der Waals surface area contributed by atoms with Crippen molar-refractivity contribution in [2.75, 3.05) is 0 Å². The van der Waals surface area contributed by atoms with Gasteiger partial charge < -0.3 is 10.1 Å². The highest BCUT2D eigenvalue weighted by atomic mass is 32.1. The Morgan fingerprint density at radius 2 is 1.82 bits per heavy atom. The molecule has 8 heteroatoms. The molecule has 0 saturated carbocycles. The molecular weight excluding hydrogens is 388 g/mol. The summed E-state index contributed by atoms with van der Waals surface area (Å²) in [7, 11) is 0. The van der Waals surface area contributed by atoms with E-state index < -0.39 is 6.61 Å². The van der Waals surface area contributed by atoms with Crippen molar-refractivity contribution in [1.29, 1.82) is 0 Å². The first-order chi connectivity index (χ1) is 13.3. The number of Topliss-reactive ketones (excluding diaryl/α,β-unsaturated/α-hetero) is 2. The van der Waals surface area contributed by atoms with Crippen LogP contribution in [0.4, 0.5) is 8.78 Å². The van der Waals surface area contributed by atoms with Gasteiger partial charge in [0.2, 0.25) is 5.91 Å². The van der Waals surface area contributed by atoms with Crippen molar-refractivity contribution in [3.05, 3.63) is 51.7 Å². The van der Waals surface area contributed by atoms with Gasteiger partial charge in [0.05, 0.1) is 4.88 Å². The van der Waals surface area contributed by atoms with Crippen molar-refractivity contribution in [1.82, 2.24) is 5.32 Å². The Kier molecular flexibility index (Phi) is 8.25. The Hall–Kier alpha value is -2.61. The van der Waals surface area contributed by atoms with E-state index in [1.807, 2.05) is 13.0 Å². The van der Waals surface area contributed by atoms with Crippen LogP contribution in [0.2, 0.25) is 0 Å². The number of hydrogen-bond donors (Lipinski definition) is 1. The number of carbonyl (C=O) groups is 3. The molecule has 0 bridgehead atoms.